The number of pyridine rings is 1. The quantitative estimate of drug-likeness (QED) is 0.732. The zero-order valence-electron chi connectivity index (χ0n) is 16.4. The Hall–Kier alpha value is -1.75. The Morgan fingerprint density at radius 2 is 2.00 bits per heavy atom. The van der Waals surface area contributed by atoms with Gasteiger partial charge in [-0.2, -0.15) is 0 Å². The van der Waals surface area contributed by atoms with Crippen LogP contribution in [0.5, 0.6) is 0 Å². The van der Waals surface area contributed by atoms with Crippen molar-refractivity contribution < 1.29 is 4.42 Å². The van der Waals surface area contributed by atoms with Crippen molar-refractivity contribution in [3.63, 3.8) is 0 Å². The van der Waals surface area contributed by atoms with Crippen LogP contribution in [-0.4, -0.2) is 33.3 Å². The van der Waals surface area contributed by atoms with Gasteiger partial charge in [0.15, 0.2) is 0 Å². The molecule has 0 aromatic carbocycles. The summed E-state index contributed by atoms with van der Waals surface area (Å²) in [5.74, 6) is 0. The number of hydrogen-bond donors (Lipinski definition) is 0. The molecule has 132 valence electrons. The molecule has 4 nitrogen and oxygen atoms in total. The third kappa shape index (κ3) is 2.28. The fraction of sp³-hybridized carbons (Fsp3) is 0.550. The normalized spacial score (nSPS) is 25.4. The van der Waals surface area contributed by atoms with Crippen molar-refractivity contribution in [2.75, 3.05) is 0 Å². The summed E-state index contributed by atoms with van der Waals surface area (Å²) in [7, 11) is 0. The van der Waals surface area contributed by atoms with E-state index in [-0.39, 0.29) is 17.8 Å². The second-order valence-electron chi connectivity index (χ2n) is 9.04. The van der Waals surface area contributed by atoms with E-state index in [2.05, 4.69) is 75.4 Å². The molecule has 0 radical (unpaired) electrons. The van der Waals surface area contributed by atoms with Crippen LogP contribution < -0.4 is 5.66 Å². The third-order valence-corrected chi connectivity index (χ3v) is 6.23. The van der Waals surface area contributed by atoms with Crippen LogP contribution in [0.1, 0.15) is 53.5 Å². The zero-order chi connectivity index (χ0) is 18.1. The highest BCUT2D eigenvalue weighted by Gasteiger charge is 2.53. The maximum atomic E-state index is 6.17. The minimum absolute atomic E-state index is 0.105. The highest BCUT2D eigenvalue weighted by atomic mass is 16.3. The van der Waals surface area contributed by atoms with Gasteiger partial charge in [-0.05, 0) is 57.7 Å². The minimum Gasteiger partial charge on any atom is -0.450 e. The lowest BCUT2D eigenvalue weighted by atomic mass is 9.58. The van der Waals surface area contributed by atoms with E-state index in [9.17, 15) is 0 Å². The molecule has 0 aliphatic carbocycles. The first-order chi connectivity index (χ1) is 11.6. The molecule has 2 aromatic rings. The number of furan rings is 1. The van der Waals surface area contributed by atoms with E-state index in [0.29, 0.717) is 6.04 Å². The van der Waals surface area contributed by atoms with Crippen molar-refractivity contribution in [2.24, 2.45) is 5.41 Å². The van der Waals surface area contributed by atoms with Gasteiger partial charge in [0.25, 0.3) is 0 Å². The fourth-order valence-corrected chi connectivity index (χ4v) is 5.15. The highest BCUT2D eigenvalue weighted by Crippen LogP contribution is 2.48. The average molecular weight is 337 g/mol. The van der Waals surface area contributed by atoms with Crippen LogP contribution in [0.15, 0.2) is 28.4 Å². The Morgan fingerprint density at radius 1 is 1.28 bits per heavy atom. The molecule has 1 fully saturated rings. The average Bonchev–Trinajstić information content (AvgIpc) is 2.95. The number of hydrazine groups is 1. The standard InChI is InChI=1S/C20H28BN3O/c1-13-11-16-15-9-8-10-22-18(15)25-17(16)21(7)24(13)23-14(2)19(3,4)12-20(23,5)6/h8-11,14H,12H2,1-7H3/t14-/m0/s1. The number of rotatable bonds is 1. The molecule has 1 saturated heterocycles. The summed E-state index contributed by atoms with van der Waals surface area (Å²) in [6, 6.07) is 4.53. The molecule has 0 bridgehead atoms. The molecule has 25 heavy (non-hydrogen) atoms. The second kappa shape index (κ2) is 5.13. The molecule has 0 spiro atoms. The molecule has 2 aromatic heterocycles. The highest BCUT2D eigenvalue weighted by molar-refractivity contribution is 6.70. The molecule has 4 rings (SSSR count). The van der Waals surface area contributed by atoms with Crippen molar-refractivity contribution in [1.82, 2.24) is 14.9 Å². The smallest absolute Gasteiger partial charge is 0.346 e. The summed E-state index contributed by atoms with van der Waals surface area (Å²) in [5.41, 5.74) is 4.59. The van der Waals surface area contributed by atoms with E-state index in [4.69, 9.17) is 4.42 Å². The molecule has 2 aliphatic heterocycles. The van der Waals surface area contributed by atoms with Crippen molar-refractivity contribution in [3.8, 4) is 0 Å². The van der Waals surface area contributed by atoms with Gasteiger partial charge in [0, 0.05) is 34.4 Å². The topological polar surface area (TPSA) is 32.5 Å². The summed E-state index contributed by atoms with van der Waals surface area (Å²) < 4.78 is 6.17. The molecule has 0 N–H and O–H groups in total. The van der Waals surface area contributed by atoms with Crippen molar-refractivity contribution in [1.29, 1.82) is 0 Å². The zero-order valence-corrected chi connectivity index (χ0v) is 16.4. The van der Waals surface area contributed by atoms with E-state index >= 15 is 0 Å². The van der Waals surface area contributed by atoms with Crippen molar-refractivity contribution in [2.45, 2.75) is 66.4 Å². The molecule has 0 saturated carbocycles. The van der Waals surface area contributed by atoms with Crippen LogP contribution in [0.3, 0.4) is 0 Å². The molecule has 1 atom stereocenters. The number of aromatic nitrogens is 1. The Labute approximate surface area is 151 Å². The third-order valence-electron chi connectivity index (χ3n) is 6.23. The van der Waals surface area contributed by atoms with Crippen LogP contribution in [-0.2, 0) is 0 Å². The Bertz CT molecular complexity index is 867. The molecular formula is C20H28BN3O. The maximum absolute atomic E-state index is 6.17. The first-order valence-corrected chi connectivity index (χ1v) is 9.28. The van der Waals surface area contributed by atoms with E-state index in [1.807, 2.05) is 6.07 Å². The second-order valence-corrected chi connectivity index (χ2v) is 9.04. The number of allylic oxidation sites excluding steroid dienone is 1. The van der Waals surface area contributed by atoms with Crippen LogP contribution in [0.25, 0.3) is 17.2 Å². The lowest BCUT2D eigenvalue weighted by Gasteiger charge is -2.48. The van der Waals surface area contributed by atoms with Crippen LogP contribution >= 0.6 is 0 Å². The SMILES string of the molecule is CB1c2oc3ncccc3c2C=C(C)N1N1[C@@H](C)C(C)(C)CC1(C)C. The van der Waals surface area contributed by atoms with Crippen LogP contribution in [0.4, 0.5) is 0 Å². The first-order valence-electron chi connectivity index (χ1n) is 9.28. The molecule has 0 amide bonds. The number of hydrogen-bond acceptors (Lipinski definition) is 4. The van der Waals surface area contributed by atoms with Gasteiger partial charge in [-0.1, -0.05) is 20.7 Å². The molecule has 4 heterocycles. The van der Waals surface area contributed by atoms with Crippen molar-refractivity contribution in [3.05, 3.63) is 29.6 Å². The summed E-state index contributed by atoms with van der Waals surface area (Å²) in [5, 5.41) is 3.69. The van der Waals surface area contributed by atoms with Gasteiger partial charge >= 0.3 is 6.85 Å². The predicted molar refractivity (Wildman–Crippen MR) is 105 cm³/mol. The molecule has 2 aliphatic rings. The number of nitrogens with zero attached hydrogens (tertiary/aromatic N) is 3. The van der Waals surface area contributed by atoms with Gasteiger partial charge in [0.2, 0.25) is 5.71 Å². The van der Waals surface area contributed by atoms with Crippen LogP contribution in [0.2, 0.25) is 6.82 Å². The summed E-state index contributed by atoms with van der Waals surface area (Å²) in [6.07, 6.45) is 5.23. The molecular weight excluding hydrogens is 309 g/mol. The lowest BCUT2D eigenvalue weighted by molar-refractivity contribution is -0.0180. The van der Waals surface area contributed by atoms with E-state index in [1.165, 1.54) is 17.7 Å². The summed E-state index contributed by atoms with van der Waals surface area (Å²) >= 11 is 0. The van der Waals surface area contributed by atoms with Gasteiger partial charge in [-0.15, -0.1) is 0 Å². The van der Waals surface area contributed by atoms with E-state index in [1.54, 1.807) is 6.20 Å². The predicted octanol–water partition coefficient (Wildman–Crippen LogP) is 4.15. The van der Waals surface area contributed by atoms with Gasteiger partial charge in [0.05, 0.1) is 0 Å². The van der Waals surface area contributed by atoms with Gasteiger partial charge in [-0.25, -0.2) is 9.99 Å². The van der Waals surface area contributed by atoms with Gasteiger partial charge in [-0.3, -0.25) is 0 Å². The van der Waals surface area contributed by atoms with Gasteiger partial charge < -0.3 is 9.34 Å². The first kappa shape index (κ1) is 16.7. The Morgan fingerprint density at radius 3 is 2.64 bits per heavy atom. The van der Waals surface area contributed by atoms with Gasteiger partial charge in [0.1, 0.15) is 5.66 Å². The maximum Gasteiger partial charge on any atom is 0.346 e. The fourth-order valence-electron chi connectivity index (χ4n) is 5.15. The molecule has 5 heteroatoms. The van der Waals surface area contributed by atoms with E-state index < -0.39 is 0 Å². The van der Waals surface area contributed by atoms with E-state index in [0.717, 1.165) is 16.8 Å². The Kier molecular flexibility index (Phi) is 3.43. The lowest BCUT2D eigenvalue weighted by Crippen LogP contribution is -2.62. The molecule has 0 unspecified atom stereocenters. The van der Waals surface area contributed by atoms with Crippen molar-refractivity contribution >= 4 is 29.7 Å². The summed E-state index contributed by atoms with van der Waals surface area (Å²) in [6.45, 7) is 16.4. The summed E-state index contributed by atoms with van der Waals surface area (Å²) in [4.78, 5) is 6.86. The monoisotopic (exact) mass is 337 g/mol. The number of fused-ring (bicyclic) bond motifs is 3. The van der Waals surface area contributed by atoms with Crippen LogP contribution in [0, 0.1) is 5.41 Å². The minimum atomic E-state index is 0.105. The largest absolute Gasteiger partial charge is 0.450 e. The Balaban J connectivity index is 1.84.